The summed E-state index contributed by atoms with van der Waals surface area (Å²) in [7, 11) is 1.52. The standard InChI is InChI=1S/C32H42F3N5O5S/c1-38(2)24-11-9-23(10-12-24)37-28-7-4-8-30-27(28)20-25(40(30)22-32(33,34)35)6-5-15-36-29-14-13-26(21-31(29)45-3)46(43,44)39(16-18-41)17-19-42/h4,7-8,13-14,20-21,23-24,36-37,41-42H,9-12,15-19,22H2,1-3H3/t23-,24+. The van der Waals surface area contributed by atoms with Crippen molar-refractivity contribution >= 4 is 32.3 Å². The Kier molecular flexibility index (Phi) is 11.8. The minimum absolute atomic E-state index is 0.0391. The third kappa shape index (κ3) is 8.65. The van der Waals surface area contributed by atoms with E-state index in [1.807, 2.05) is 6.07 Å². The third-order valence-electron chi connectivity index (χ3n) is 8.16. The van der Waals surface area contributed by atoms with Crippen LogP contribution in [0.4, 0.5) is 24.5 Å². The maximum absolute atomic E-state index is 13.7. The van der Waals surface area contributed by atoms with Crippen molar-refractivity contribution in [3.05, 3.63) is 48.2 Å². The first-order valence-corrected chi connectivity index (χ1v) is 16.6. The highest BCUT2D eigenvalue weighted by atomic mass is 32.2. The van der Waals surface area contributed by atoms with Crippen LogP contribution in [0.25, 0.3) is 10.9 Å². The van der Waals surface area contributed by atoms with Crippen molar-refractivity contribution in [1.82, 2.24) is 13.8 Å². The highest BCUT2D eigenvalue weighted by Gasteiger charge is 2.30. The number of sulfonamides is 1. The molecule has 0 unspecified atom stereocenters. The zero-order valence-electron chi connectivity index (χ0n) is 26.3. The number of aliphatic hydroxyl groups excluding tert-OH is 2. The van der Waals surface area contributed by atoms with Crippen LogP contribution in [-0.4, -0.2) is 105 Å². The number of methoxy groups -OCH3 is 1. The van der Waals surface area contributed by atoms with Crippen LogP contribution < -0.4 is 15.4 Å². The van der Waals surface area contributed by atoms with E-state index in [9.17, 15) is 31.8 Å². The van der Waals surface area contributed by atoms with Crippen LogP contribution >= 0.6 is 0 Å². The number of aromatic nitrogens is 1. The fourth-order valence-electron chi connectivity index (χ4n) is 5.80. The summed E-state index contributed by atoms with van der Waals surface area (Å²) in [6.45, 7) is -2.32. The molecule has 1 saturated carbocycles. The summed E-state index contributed by atoms with van der Waals surface area (Å²) in [5, 5.41) is 25.8. The molecule has 1 heterocycles. The van der Waals surface area contributed by atoms with Gasteiger partial charge in [0.1, 0.15) is 12.3 Å². The summed E-state index contributed by atoms with van der Waals surface area (Å²) in [5.74, 6) is 5.98. The van der Waals surface area contributed by atoms with Crippen molar-refractivity contribution in [2.24, 2.45) is 0 Å². The molecule has 4 N–H and O–H groups in total. The minimum Gasteiger partial charge on any atom is -0.495 e. The average molecular weight is 666 g/mol. The molecule has 10 nitrogen and oxygen atoms in total. The van der Waals surface area contributed by atoms with E-state index in [0.29, 0.717) is 22.6 Å². The number of nitrogens with zero attached hydrogens (tertiary/aromatic N) is 3. The predicted molar refractivity (Wildman–Crippen MR) is 173 cm³/mol. The molecule has 3 aromatic rings. The highest BCUT2D eigenvalue weighted by molar-refractivity contribution is 7.89. The van der Waals surface area contributed by atoms with Crippen molar-refractivity contribution in [2.75, 3.05) is 64.7 Å². The van der Waals surface area contributed by atoms with Crippen LogP contribution in [0.5, 0.6) is 5.75 Å². The lowest BCUT2D eigenvalue weighted by Crippen LogP contribution is -2.36. The summed E-state index contributed by atoms with van der Waals surface area (Å²) in [5.41, 5.74) is 1.87. The highest BCUT2D eigenvalue weighted by Crippen LogP contribution is 2.33. The van der Waals surface area contributed by atoms with Crippen LogP contribution in [0.15, 0.2) is 47.4 Å². The Morgan fingerprint density at radius 2 is 1.72 bits per heavy atom. The lowest BCUT2D eigenvalue weighted by Gasteiger charge is -2.33. The smallest absolute Gasteiger partial charge is 0.406 e. The fourth-order valence-corrected chi connectivity index (χ4v) is 7.23. The first-order chi connectivity index (χ1) is 21.9. The largest absolute Gasteiger partial charge is 0.495 e. The Bertz CT molecular complexity index is 1640. The Morgan fingerprint density at radius 3 is 2.33 bits per heavy atom. The second-order valence-corrected chi connectivity index (χ2v) is 13.4. The van der Waals surface area contributed by atoms with E-state index < -0.39 is 36.0 Å². The van der Waals surface area contributed by atoms with Crippen LogP contribution in [-0.2, 0) is 16.6 Å². The molecular formula is C32H42F3N5O5S. The number of halogens is 3. The molecule has 1 fully saturated rings. The van der Waals surface area contributed by atoms with Gasteiger partial charge in [-0.1, -0.05) is 12.0 Å². The van der Waals surface area contributed by atoms with Gasteiger partial charge >= 0.3 is 6.18 Å². The van der Waals surface area contributed by atoms with Gasteiger partial charge in [0.25, 0.3) is 0 Å². The molecule has 252 valence electrons. The van der Waals surface area contributed by atoms with Gasteiger partial charge in [0, 0.05) is 42.3 Å². The minimum atomic E-state index is -4.45. The number of fused-ring (bicyclic) bond motifs is 1. The lowest BCUT2D eigenvalue weighted by molar-refractivity contribution is -0.140. The number of hydrogen-bond donors (Lipinski definition) is 4. The zero-order valence-corrected chi connectivity index (χ0v) is 27.1. The van der Waals surface area contributed by atoms with Crippen molar-refractivity contribution in [3.8, 4) is 17.6 Å². The SMILES string of the molecule is COc1cc(S(=O)(=O)N(CCO)CCO)ccc1NCC#Cc1cc2c(N[C@H]3CC[C@@H](N(C)C)CC3)cccc2n1CC(F)(F)F. The summed E-state index contributed by atoms with van der Waals surface area (Å²) < 4.78 is 74.5. The quantitative estimate of drug-likeness (QED) is 0.203. The number of anilines is 2. The molecule has 46 heavy (non-hydrogen) atoms. The third-order valence-corrected chi connectivity index (χ3v) is 10.1. The van der Waals surface area contributed by atoms with Gasteiger partial charge in [-0.05, 0) is 76.0 Å². The van der Waals surface area contributed by atoms with Gasteiger partial charge < -0.3 is 35.1 Å². The first-order valence-electron chi connectivity index (χ1n) is 15.1. The van der Waals surface area contributed by atoms with Crippen LogP contribution in [0.2, 0.25) is 0 Å². The predicted octanol–water partition coefficient (Wildman–Crippen LogP) is 3.94. The van der Waals surface area contributed by atoms with Gasteiger partial charge in [-0.25, -0.2) is 8.42 Å². The second-order valence-electron chi connectivity index (χ2n) is 11.5. The molecule has 2 aromatic carbocycles. The van der Waals surface area contributed by atoms with Gasteiger partial charge in [-0.3, -0.25) is 0 Å². The number of nitrogens with one attached hydrogen (secondary N) is 2. The Labute approximate surface area is 268 Å². The van der Waals surface area contributed by atoms with E-state index in [2.05, 4.69) is 41.5 Å². The molecule has 14 heteroatoms. The maximum Gasteiger partial charge on any atom is 0.406 e. The van der Waals surface area contributed by atoms with E-state index in [-0.39, 0.29) is 42.0 Å². The lowest BCUT2D eigenvalue weighted by atomic mass is 9.90. The fraction of sp³-hybridized carbons (Fsp3) is 0.500. The Morgan fingerprint density at radius 1 is 1.02 bits per heavy atom. The normalized spacial score (nSPS) is 17.3. The molecular weight excluding hydrogens is 623 g/mol. The van der Waals surface area contributed by atoms with Crippen molar-refractivity contribution < 1.29 is 36.5 Å². The van der Waals surface area contributed by atoms with Gasteiger partial charge in [-0.15, -0.1) is 0 Å². The first kappa shape index (κ1) is 35.4. The van der Waals surface area contributed by atoms with Crippen LogP contribution in [0.3, 0.4) is 0 Å². The number of alkyl halides is 3. The summed E-state index contributed by atoms with van der Waals surface area (Å²) in [6, 6.07) is 11.9. The molecule has 1 aliphatic carbocycles. The van der Waals surface area contributed by atoms with Crippen LogP contribution in [0.1, 0.15) is 31.4 Å². The average Bonchev–Trinajstić information content (AvgIpc) is 3.35. The second kappa shape index (κ2) is 15.4. The molecule has 0 radical (unpaired) electrons. The molecule has 4 rings (SSSR count). The zero-order chi connectivity index (χ0) is 33.5. The van der Waals surface area contributed by atoms with Crippen molar-refractivity contribution in [2.45, 2.75) is 55.4 Å². The molecule has 0 saturated heterocycles. The molecule has 0 spiro atoms. The van der Waals surface area contributed by atoms with Gasteiger partial charge in [0.05, 0.1) is 48.7 Å². The van der Waals surface area contributed by atoms with Crippen LogP contribution in [0, 0.1) is 11.8 Å². The van der Waals surface area contributed by atoms with E-state index >= 15 is 0 Å². The van der Waals surface area contributed by atoms with Gasteiger partial charge in [0.15, 0.2) is 0 Å². The summed E-state index contributed by atoms with van der Waals surface area (Å²) in [4.78, 5) is 2.15. The van der Waals surface area contributed by atoms with E-state index in [4.69, 9.17) is 4.74 Å². The summed E-state index contributed by atoms with van der Waals surface area (Å²) >= 11 is 0. The van der Waals surface area contributed by atoms with E-state index in [1.165, 1.54) is 29.9 Å². The van der Waals surface area contributed by atoms with Crippen molar-refractivity contribution in [1.29, 1.82) is 0 Å². The number of rotatable bonds is 13. The summed E-state index contributed by atoms with van der Waals surface area (Å²) in [6.07, 6.45) is -0.404. The van der Waals surface area contributed by atoms with Crippen molar-refractivity contribution in [3.63, 3.8) is 0 Å². The van der Waals surface area contributed by atoms with E-state index in [0.717, 1.165) is 35.7 Å². The molecule has 1 aromatic heterocycles. The topological polar surface area (TPSA) is 119 Å². The van der Waals surface area contributed by atoms with Gasteiger partial charge in [0.2, 0.25) is 10.0 Å². The number of benzene rings is 2. The Hall–Kier alpha value is -3.48. The number of ether oxygens (including phenoxy) is 1. The van der Waals surface area contributed by atoms with Gasteiger partial charge in [-0.2, -0.15) is 17.5 Å². The molecule has 0 atom stereocenters. The molecule has 0 bridgehead atoms. The number of hydrogen-bond acceptors (Lipinski definition) is 8. The van der Waals surface area contributed by atoms with E-state index in [1.54, 1.807) is 18.2 Å². The maximum atomic E-state index is 13.7. The molecule has 0 amide bonds. The number of aliphatic hydroxyl groups is 2. The monoisotopic (exact) mass is 665 g/mol. The molecule has 1 aliphatic rings. The molecule has 0 aliphatic heterocycles. The Balaban J connectivity index is 1.55.